The minimum absolute atomic E-state index is 0.267. The Balaban J connectivity index is 2.37. The molecule has 0 radical (unpaired) electrons. The minimum atomic E-state index is 0.267. The van der Waals surface area contributed by atoms with Gasteiger partial charge in [-0.2, -0.15) is 10.5 Å². The van der Waals surface area contributed by atoms with Crippen LogP contribution in [0.2, 0.25) is 0 Å². The van der Waals surface area contributed by atoms with Crippen molar-refractivity contribution in [1.29, 1.82) is 5.26 Å². The average molecular weight is 198 g/mol. The van der Waals surface area contributed by atoms with Crippen LogP contribution in [0.3, 0.4) is 0 Å². The van der Waals surface area contributed by atoms with E-state index < -0.39 is 0 Å². The van der Waals surface area contributed by atoms with Gasteiger partial charge < -0.3 is 0 Å². The second kappa shape index (κ2) is 4.11. The number of H-pyrrole nitrogens is 1. The quantitative estimate of drug-likeness (QED) is 0.715. The lowest BCUT2D eigenvalue weighted by Crippen LogP contribution is -1.86. The lowest BCUT2D eigenvalue weighted by Gasteiger charge is -1.91. The van der Waals surface area contributed by atoms with Crippen LogP contribution < -0.4 is 0 Å². The highest BCUT2D eigenvalue weighted by Gasteiger charge is 2.05. The summed E-state index contributed by atoms with van der Waals surface area (Å²) in [6.45, 7) is 0. The van der Waals surface area contributed by atoms with Gasteiger partial charge in [-0.1, -0.05) is 6.07 Å². The van der Waals surface area contributed by atoms with Crippen molar-refractivity contribution in [2.75, 3.05) is 0 Å². The van der Waals surface area contributed by atoms with Crippen molar-refractivity contribution in [3.8, 4) is 6.07 Å². The standard InChI is InChI=1S/C9H6N6/c10-6-7(9-12-14-15-13-9)5-8-3-1-2-4-11-8/h1-5H,(H,12,13,14,15)/b7-5+. The summed E-state index contributed by atoms with van der Waals surface area (Å²) in [7, 11) is 0. The van der Waals surface area contributed by atoms with E-state index in [1.807, 2.05) is 12.1 Å². The molecule has 0 aliphatic carbocycles. The number of hydrogen-bond acceptors (Lipinski definition) is 5. The Hall–Kier alpha value is -2.55. The Kier molecular flexibility index (Phi) is 2.47. The molecular weight excluding hydrogens is 192 g/mol. The third kappa shape index (κ3) is 2.03. The number of aromatic nitrogens is 5. The van der Waals surface area contributed by atoms with Gasteiger partial charge in [-0.15, -0.1) is 10.2 Å². The molecule has 6 nitrogen and oxygen atoms in total. The van der Waals surface area contributed by atoms with Crippen molar-refractivity contribution in [3.63, 3.8) is 0 Å². The summed E-state index contributed by atoms with van der Waals surface area (Å²) in [5.41, 5.74) is 1.00. The summed E-state index contributed by atoms with van der Waals surface area (Å²) in [6, 6.07) is 7.42. The first kappa shape index (κ1) is 9.02. The van der Waals surface area contributed by atoms with Crippen LogP contribution in [0.25, 0.3) is 11.6 Å². The number of nitrogens with one attached hydrogen (secondary N) is 1. The second-order valence-electron chi connectivity index (χ2n) is 2.66. The van der Waals surface area contributed by atoms with Crippen LogP contribution in [0.5, 0.6) is 0 Å². The van der Waals surface area contributed by atoms with Crippen molar-refractivity contribution < 1.29 is 0 Å². The third-order valence-electron chi connectivity index (χ3n) is 1.69. The predicted octanol–water partition coefficient (Wildman–Crippen LogP) is 0.659. The summed E-state index contributed by atoms with van der Waals surface area (Å²) in [4.78, 5) is 4.06. The van der Waals surface area contributed by atoms with Gasteiger partial charge in [-0.25, -0.2) is 0 Å². The van der Waals surface area contributed by atoms with Crippen LogP contribution >= 0.6 is 0 Å². The first-order chi connectivity index (χ1) is 7.40. The number of allylic oxidation sites excluding steroid dienone is 1. The predicted molar refractivity (Wildman–Crippen MR) is 51.9 cm³/mol. The monoisotopic (exact) mass is 198 g/mol. The highest BCUT2D eigenvalue weighted by molar-refractivity contribution is 5.85. The zero-order valence-electron chi connectivity index (χ0n) is 7.62. The first-order valence-electron chi connectivity index (χ1n) is 4.17. The van der Waals surface area contributed by atoms with Gasteiger partial charge in [0, 0.05) is 6.20 Å². The average Bonchev–Trinajstić information content (AvgIpc) is 2.81. The Bertz CT molecular complexity index is 493. The van der Waals surface area contributed by atoms with Crippen LogP contribution in [0.15, 0.2) is 24.4 Å². The van der Waals surface area contributed by atoms with E-state index in [0.717, 1.165) is 0 Å². The molecule has 0 spiro atoms. The molecule has 0 atom stereocenters. The van der Waals surface area contributed by atoms with Gasteiger partial charge in [0.15, 0.2) is 0 Å². The van der Waals surface area contributed by atoms with E-state index in [9.17, 15) is 0 Å². The normalized spacial score (nSPS) is 11.0. The summed E-state index contributed by atoms with van der Waals surface area (Å²) in [5, 5.41) is 22.0. The molecule has 0 aliphatic rings. The maximum absolute atomic E-state index is 8.89. The fourth-order valence-electron chi connectivity index (χ4n) is 1.03. The molecule has 0 amide bonds. The molecule has 2 aromatic rings. The molecule has 2 heterocycles. The molecule has 0 fully saturated rings. The molecule has 15 heavy (non-hydrogen) atoms. The molecule has 0 aromatic carbocycles. The van der Waals surface area contributed by atoms with Crippen molar-refractivity contribution >= 4 is 11.6 Å². The van der Waals surface area contributed by atoms with Crippen molar-refractivity contribution in [3.05, 3.63) is 35.9 Å². The molecule has 0 aliphatic heterocycles. The Morgan fingerprint density at radius 1 is 1.47 bits per heavy atom. The number of rotatable bonds is 2. The number of nitrogens with zero attached hydrogens (tertiary/aromatic N) is 5. The topological polar surface area (TPSA) is 91.1 Å². The van der Waals surface area contributed by atoms with Gasteiger partial charge in [-0.3, -0.25) is 4.98 Å². The second-order valence-corrected chi connectivity index (χ2v) is 2.66. The van der Waals surface area contributed by atoms with Gasteiger partial charge in [0.05, 0.1) is 5.69 Å². The molecule has 2 aromatic heterocycles. The van der Waals surface area contributed by atoms with E-state index in [4.69, 9.17) is 5.26 Å². The molecule has 0 bridgehead atoms. The maximum atomic E-state index is 8.89. The molecule has 6 heteroatoms. The van der Waals surface area contributed by atoms with Crippen LogP contribution in [-0.4, -0.2) is 25.6 Å². The number of hydrogen-bond donors (Lipinski definition) is 1. The van der Waals surface area contributed by atoms with E-state index >= 15 is 0 Å². The lowest BCUT2D eigenvalue weighted by molar-refractivity contribution is 0.881. The highest BCUT2D eigenvalue weighted by atomic mass is 15.5. The summed E-state index contributed by atoms with van der Waals surface area (Å²) >= 11 is 0. The van der Waals surface area contributed by atoms with E-state index in [-0.39, 0.29) is 5.82 Å². The molecule has 1 N–H and O–H groups in total. The lowest BCUT2D eigenvalue weighted by atomic mass is 10.2. The minimum Gasteiger partial charge on any atom is -0.257 e. The van der Waals surface area contributed by atoms with Crippen molar-refractivity contribution in [1.82, 2.24) is 25.6 Å². The number of aromatic amines is 1. The molecular formula is C9H6N6. The van der Waals surface area contributed by atoms with E-state index in [0.29, 0.717) is 11.3 Å². The highest BCUT2D eigenvalue weighted by Crippen LogP contribution is 2.10. The van der Waals surface area contributed by atoms with Gasteiger partial charge in [0.25, 0.3) is 0 Å². The van der Waals surface area contributed by atoms with E-state index in [1.165, 1.54) is 0 Å². The Morgan fingerprint density at radius 3 is 3.00 bits per heavy atom. The zero-order chi connectivity index (χ0) is 10.5. The fraction of sp³-hybridized carbons (Fsp3) is 0. The molecule has 0 saturated carbocycles. The van der Waals surface area contributed by atoms with Crippen LogP contribution in [0, 0.1) is 11.3 Å². The van der Waals surface area contributed by atoms with Crippen molar-refractivity contribution in [2.24, 2.45) is 0 Å². The third-order valence-corrected chi connectivity index (χ3v) is 1.69. The van der Waals surface area contributed by atoms with Crippen LogP contribution in [0.4, 0.5) is 0 Å². The Morgan fingerprint density at radius 2 is 2.40 bits per heavy atom. The van der Waals surface area contributed by atoms with Crippen LogP contribution in [0.1, 0.15) is 11.5 Å². The largest absolute Gasteiger partial charge is 0.257 e. The van der Waals surface area contributed by atoms with Crippen LogP contribution in [-0.2, 0) is 0 Å². The van der Waals surface area contributed by atoms with E-state index in [2.05, 4.69) is 25.6 Å². The number of nitriles is 1. The summed E-state index contributed by atoms with van der Waals surface area (Å²) < 4.78 is 0. The molecule has 0 saturated heterocycles. The molecule has 0 unspecified atom stereocenters. The smallest absolute Gasteiger partial charge is 0.215 e. The molecule has 2 rings (SSSR count). The fourth-order valence-corrected chi connectivity index (χ4v) is 1.03. The van der Waals surface area contributed by atoms with E-state index in [1.54, 1.807) is 24.4 Å². The maximum Gasteiger partial charge on any atom is 0.215 e. The van der Waals surface area contributed by atoms with Gasteiger partial charge in [0.1, 0.15) is 11.6 Å². The Labute approximate surface area is 85.3 Å². The number of tetrazole rings is 1. The summed E-state index contributed by atoms with van der Waals surface area (Å²) in [5.74, 6) is 0.267. The number of pyridine rings is 1. The SMILES string of the molecule is N#C/C(=C\c1ccccn1)c1nn[nH]n1. The van der Waals surface area contributed by atoms with Gasteiger partial charge in [0.2, 0.25) is 5.82 Å². The van der Waals surface area contributed by atoms with Gasteiger partial charge >= 0.3 is 0 Å². The van der Waals surface area contributed by atoms with Crippen molar-refractivity contribution in [2.45, 2.75) is 0 Å². The first-order valence-corrected chi connectivity index (χ1v) is 4.17. The zero-order valence-corrected chi connectivity index (χ0v) is 7.62. The molecule has 72 valence electrons. The summed E-state index contributed by atoms with van der Waals surface area (Å²) in [6.07, 6.45) is 3.25. The van der Waals surface area contributed by atoms with Gasteiger partial charge in [-0.05, 0) is 23.4 Å².